The molecule has 1 N–H and O–H groups in total. The lowest BCUT2D eigenvalue weighted by Gasteiger charge is -2.08. The highest BCUT2D eigenvalue weighted by atomic mass is 35.5. The van der Waals surface area contributed by atoms with E-state index < -0.39 is 30.2 Å². The van der Waals surface area contributed by atoms with Crippen molar-refractivity contribution < 1.29 is 27.5 Å². The fraction of sp³-hybridized carbons (Fsp3) is 0.158. The third kappa shape index (κ3) is 6.45. The van der Waals surface area contributed by atoms with Gasteiger partial charge in [-0.3, -0.25) is 4.79 Å². The van der Waals surface area contributed by atoms with Crippen molar-refractivity contribution in [3.05, 3.63) is 70.3 Å². The minimum Gasteiger partial charge on any atom is -0.452 e. The fourth-order valence-electron chi connectivity index (χ4n) is 2.04. The van der Waals surface area contributed by atoms with Crippen molar-refractivity contribution in [2.24, 2.45) is 0 Å². The van der Waals surface area contributed by atoms with Crippen LogP contribution in [0.15, 0.2) is 48.5 Å². The Morgan fingerprint density at radius 1 is 1.15 bits per heavy atom. The van der Waals surface area contributed by atoms with Crippen LogP contribution in [-0.4, -0.2) is 18.5 Å². The molecule has 1 amide bonds. The van der Waals surface area contributed by atoms with Crippen LogP contribution < -0.4 is 5.32 Å². The van der Waals surface area contributed by atoms with Crippen LogP contribution in [0.2, 0.25) is 5.02 Å². The number of rotatable bonds is 5. The minimum atomic E-state index is -4.42. The van der Waals surface area contributed by atoms with Crippen LogP contribution in [0.1, 0.15) is 16.7 Å². The molecule has 8 heteroatoms. The van der Waals surface area contributed by atoms with Crippen LogP contribution in [-0.2, 0) is 20.5 Å². The van der Waals surface area contributed by atoms with Gasteiger partial charge in [0.2, 0.25) is 0 Å². The molecule has 27 heavy (non-hydrogen) atoms. The summed E-state index contributed by atoms with van der Waals surface area (Å²) in [7, 11) is 0. The molecule has 0 aromatic heterocycles. The quantitative estimate of drug-likeness (QED) is 0.579. The van der Waals surface area contributed by atoms with Crippen LogP contribution in [0, 0.1) is 6.92 Å². The second kappa shape index (κ2) is 8.73. The minimum absolute atomic E-state index is 0.358. The third-order valence-corrected chi connectivity index (χ3v) is 3.71. The van der Waals surface area contributed by atoms with Gasteiger partial charge in [0.05, 0.1) is 16.3 Å². The van der Waals surface area contributed by atoms with Crippen LogP contribution in [0.3, 0.4) is 0 Å². The summed E-state index contributed by atoms with van der Waals surface area (Å²) in [6.45, 7) is 1.32. The zero-order chi connectivity index (χ0) is 20.0. The van der Waals surface area contributed by atoms with Gasteiger partial charge >= 0.3 is 12.1 Å². The molecule has 0 radical (unpaired) electrons. The van der Waals surface area contributed by atoms with E-state index in [9.17, 15) is 22.8 Å². The SMILES string of the molecule is Cc1ccc(NC(=O)COC(=O)/C=C/c2ccc(C(F)(F)F)cc2)c(Cl)c1. The van der Waals surface area contributed by atoms with Gasteiger partial charge in [-0.05, 0) is 48.4 Å². The van der Waals surface area contributed by atoms with Gasteiger partial charge < -0.3 is 10.1 Å². The molecular formula is C19H15ClF3NO3. The zero-order valence-corrected chi connectivity index (χ0v) is 14.9. The molecule has 2 rings (SSSR count). The summed E-state index contributed by atoms with van der Waals surface area (Å²) in [4.78, 5) is 23.4. The average Bonchev–Trinajstić information content (AvgIpc) is 2.60. The molecule has 0 unspecified atom stereocenters. The number of esters is 1. The van der Waals surface area contributed by atoms with E-state index in [1.807, 2.05) is 6.92 Å². The van der Waals surface area contributed by atoms with Crippen LogP contribution in [0.5, 0.6) is 0 Å². The summed E-state index contributed by atoms with van der Waals surface area (Å²) in [6.07, 6.45) is -2.11. The summed E-state index contributed by atoms with van der Waals surface area (Å²) in [5.41, 5.74) is 0.922. The molecule has 142 valence electrons. The number of aryl methyl sites for hydroxylation is 1. The van der Waals surface area contributed by atoms with E-state index in [1.165, 1.54) is 18.2 Å². The van der Waals surface area contributed by atoms with Crippen molar-refractivity contribution in [2.45, 2.75) is 13.1 Å². The standard InChI is InChI=1S/C19H15ClF3NO3/c1-12-2-8-16(15(20)10-12)24-17(25)11-27-18(26)9-5-13-3-6-14(7-4-13)19(21,22)23/h2-10H,11H2,1H3,(H,24,25)/b9-5+. The predicted molar refractivity (Wildman–Crippen MR) is 96.3 cm³/mol. The molecule has 2 aromatic rings. The van der Waals surface area contributed by atoms with Crippen molar-refractivity contribution in [1.29, 1.82) is 0 Å². The normalized spacial score (nSPS) is 11.4. The Hall–Kier alpha value is -2.80. The Kier molecular flexibility index (Phi) is 6.63. The lowest BCUT2D eigenvalue weighted by molar-refractivity contribution is -0.142. The Morgan fingerprint density at radius 2 is 1.81 bits per heavy atom. The second-order valence-corrected chi connectivity index (χ2v) is 6.00. The molecule has 0 spiro atoms. The smallest absolute Gasteiger partial charge is 0.416 e. The van der Waals surface area contributed by atoms with Gasteiger partial charge in [-0.25, -0.2) is 4.79 Å². The van der Waals surface area contributed by atoms with Gasteiger partial charge in [0.1, 0.15) is 0 Å². The molecule has 4 nitrogen and oxygen atoms in total. The number of alkyl halides is 3. The van der Waals surface area contributed by atoms with E-state index in [4.69, 9.17) is 16.3 Å². The van der Waals surface area contributed by atoms with Crippen molar-refractivity contribution in [1.82, 2.24) is 0 Å². The Morgan fingerprint density at radius 3 is 2.41 bits per heavy atom. The number of amides is 1. The number of carbonyl (C=O) groups excluding carboxylic acids is 2. The molecule has 0 fully saturated rings. The topological polar surface area (TPSA) is 55.4 Å². The molecule has 0 atom stereocenters. The maximum atomic E-state index is 12.5. The van der Waals surface area contributed by atoms with Gasteiger partial charge in [0.25, 0.3) is 5.91 Å². The summed E-state index contributed by atoms with van der Waals surface area (Å²) in [6, 6.07) is 9.32. The Balaban J connectivity index is 1.84. The first-order chi connectivity index (χ1) is 12.6. The maximum absolute atomic E-state index is 12.5. The Labute approximate surface area is 158 Å². The number of ether oxygens (including phenoxy) is 1. The van der Waals surface area contributed by atoms with Gasteiger partial charge in [-0.15, -0.1) is 0 Å². The van der Waals surface area contributed by atoms with E-state index in [-0.39, 0.29) is 0 Å². The summed E-state index contributed by atoms with van der Waals surface area (Å²) >= 11 is 5.99. The first-order valence-electron chi connectivity index (χ1n) is 7.73. The highest BCUT2D eigenvalue weighted by Gasteiger charge is 2.29. The molecular weight excluding hydrogens is 383 g/mol. The van der Waals surface area contributed by atoms with Crippen molar-refractivity contribution in [3.63, 3.8) is 0 Å². The van der Waals surface area contributed by atoms with E-state index in [1.54, 1.807) is 18.2 Å². The fourth-order valence-corrected chi connectivity index (χ4v) is 2.32. The molecule has 2 aromatic carbocycles. The third-order valence-electron chi connectivity index (χ3n) is 3.39. The molecule has 0 aliphatic carbocycles. The molecule has 0 saturated carbocycles. The maximum Gasteiger partial charge on any atom is 0.416 e. The van der Waals surface area contributed by atoms with Crippen LogP contribution in [0.4, 0.5) is 18.9 Å². The molecule has 0 aliphatic rings. The highest BCUT2D eigenvalue weighted by Crippen LogP contribution is 2.29. The first-order valence-corrected chi connectivity index (χ1v) is 8.11. The molecule has 0 saturated heterocycles. The van der Waals surface area contributed by atoms with Crippen molar-refractivity contribution >= 4 is 35.2 Å². The number of halogens is 4. The number of anilines is 1. The van der Waals surface area contributed by atoms with Crippen LogP contribution >= 0.6 is 11.6 Å². The van der Waals surface area contributed by atoms with Gasteiger partial charge in [-0.2, -0.15) is 13.2 Å². The van der Waals surface area contributed by atoms with Gasteiger partial charge in [0.15, 0.2) is 6.61 Å². The van der Waals surface area contributed by atoms with E-state index in [0.29, 0.717) is 16.3 Å². The average molecular weight is 398 g/mol. The van der Waals surface area contributed by atoms with Gasteiger partial charge in [-0.1, -0.05) is 29.8 Å². The summed E-state index contributed by atoms with van der Waals surface area (Å²) < 4.78 is 42.2. The first kappa shape index (κ1) is 20.5. The lowest BCUT2D eigenvalue weighted by atomic mass is 10.1. The zero-order valence-electron chi connectivity index (χ0n) is 14.1. The number of nitrogens with one attached hydrogen (secondary N) is 1. The predicted octanol–water partition coefficient (Wildman–Crippen LogP) is 4.86. The number of hydrogen-bond donors (Lipinski definition) is 1. The largest absolute Gasteiger partial charge is 0.452 e. The van der Waals surface area contributed by atoms with E-state index in [0.717, 1.165) is 23.8 Å². The monoisotopic (exact) mass is 397 g/mol. The number of carbonyl (C=O) groups is 2. The van der Waals surface area contributed by atoms with Crippen molar-refractivity contribution in [3.8, 4) is 0 Å². The lowest BCUT2D eigenvalue weighted by Crippen LogP contribution is -2.20. The van der Waals surface area contributed by atoms with E-state index >= 15 is 0 Å². The highest BCUT2D eigenvalue weighted by molar-refractivity contribution is 6.33. The Bertz CT molecular complexity index is 861. The van der Waals surface area contributed by atoms with E-state index in [2.05, 4.69) is 5.32 Å². The molecule has 0 heterocycles. The molecule has 0 aliphatic heterocycles. The number of benzene rings is 2. The second-order valence-electron chi connectivity index (χ2n) is 5.59. The summed E-state index contributed by atoms with van der Waals surface area (Å²) in [5.74, 6) is -1.38. The van der Waals surface area contributed by atoms with Crippen LogP contribution in [0.25, 0.3) is 6.08 Å². The van der Waals surface area contributed by atoms with Crippen molar-refractivity contribution in [2.75, 3.05) is 11.9 Å². The summed E-state index contributed by atoms with van der Waals surface area (Å²) in [5, 5.41) is 2.87. The van der Waals surface area contributed by atoms with Gasteiger partial charge in [0, 0.05) is 6.08 Å². The number of hydrogen-bond acceptors (Lipinski definition) is 3. The molecule has 0 bridgehead atoms.